The van der Waals surface area contributed by atoms with Gasteiger partial charge in [-0.25, -0.2) is 9.97 Å². The van der Waals surface area contributed by atoms with E-state index in [2.05, 4.69) is 25.9 Å². The van der Waals surface area contributed by atoms with Crippen molar-refractivity contribution in [1.82, 2.24) is 9.97 Å². The van der Waals surface area contributed by atoms with Crippen LogP contribution in [0.25, 0.3) is 0 Å². The van der Waals surface area contributed by atoms with Gasteiger partial charge in [-0.2, -0.15) is 0 Å². The molecule has 104 valence electrons. The molecule has 0 aliphatic heterocycles. The molecule has 0 N–H and O–H groups in total. The van der Waals surface area contributed by atoms with E-state index in [-0.39, 0.29) is 11.6 Å². The molecule has 1 aromatic carbocycles. The molecule has 0 atom stereocenters. The van der Waals surface area contributed by atoms with E-state index in [1.54, 1.807) is 31.6 Å². The fraction of sp³-hybridized carbons (Fsp3) is 0.214. The Morgan fingerprint density at radius 1 is 1.15 bits per heavy atom. The Kier molecular flexibility index (Phi) is 4.34. The maximum atomic E-state index is 12.4. The topological polar surface area (TPSA) is 61.3 Å². The van der Waals surface area contributed by atoms with Gasteiger partial charge in [-0.15, -0.1) is 0 Å². The number of ketones is 1. The van der Waals surface area contributed by atoms with Crippen LogP contribution in [0.1, 0.15) is 21.7 Å². The van der Waals surface area contributed by atoms with Gasteiger partial charge >= 0.3 is 0 Å². The van der Waals surface area contributed by atoms with Crippen LogP contribution in [0.2, 0.25) is 0 Å². The predicted molar refractivity (Wildman–Crippen MR) is 77.4 cm³/mol. The lowest BCUT2D eigenvalue weighted by Crippen LogP contribution is -2.09. The van der Waals surface area contributed by atoms with Crippen molar-refractivity contribution in [3.05, 3.63) is 46.0 Å². The third-order valence-electron chi connectivity index (χ3n) is 2.71. The van der Waals surface area contributed by atoms with Gasteiger partial charge in [0.2, 0.25) is 11.6 Å². The molecule has 2 aromatic rings. The van der Waals surface area contributed by atoms with Crippen LogP contribution in [0.5, 0.6) is 11.5 Å². The monoisotopic (exact) mass is 336 g/mol. The summed E-state index contributed by atoms with van der Waals surface area (Å²) in [6.45, 7) is 1.86. The number of carbonyl (C=O) groups excluding carboxylic acids is 1. The number of methoxy groups -OCH3 is 2. The summed E-state index contributed by atoms with van der Waals surface area (Å²) in [5.41, 5.74) is 1.27. The van der Waals surface area contributed by atoms with Crippen LogP contribution in [0.4, 0.5) is 0 Å². The summed E-state index contributed by atoms with van der Waals surface area (Å²) >= 11 is 3.36. The van der Waals surface area contributed by atoms with Gasteiger partial charge in [-0.1, -0.05) is 0 Å². The van der Waals surface area contributed by atoms with E-state index in [9.17, 15) is 4.79 Å². The molecule has 0 spiro atoms. The number of aryl methyl sites for hydroxylation is 1. The molecule has 0 saturated heterocycles. The Morgan fingerprint density at radius 2 is 1.80 bits per heavy atom. The van der Waals surface area contributed by atoms with Gasteiger partial charge in [0.15, 0.2) is 0 Å². The number of rotatable bonds is 4. The first-order chi connectivity index (χ1) is 9.58. The van der Waals surface area contributed by atoms with Crippen molar-refractivity contribution in [2.24, 2.45) is 0 Å². The van der Waals surface area contributed by atoms with Crippen LogP contribution in [0, 0.1) is 6.92 Å². The van der Waals surface area contributed by atoms with Gasteiger partial charge in [0.05, 0.1) is 19.8 Å². The Hall–Kier alpha value is -1.95. The van der Waals surface area contributed by atoms with Crippen molar-refractivity contribution >= 4 is 21.7 Å². The van der Waals surface area contributed by atoms with Crippen LogP contribution in [0.15, 0.2) is 29.0 Å². The van der Waals surface area contributed by atoms with E-state index in [4.69, 9.17) is 9.47 Å². The van der Waals surface area contributed by atoms with Gasteiger partial charge in [0, 0.05) is 12.4 Å². The van der Waals surface area contributed by atoms with E-state index < -0.39 is 0 Å². The molecule has 0 radical (unpaired) electrons. The zero-order chi connectivity index (χ0) is 14.7. The van der Waals surface area contributed by atoms with E-state index in [1.807, 2.05) is 6.92 Å². The molecular weight excluding hydrogens is 324 g/mol. The van der Waals surface area contributed by atoms with Crippen LogP contribution < -0.4 is 9.47 Å². The largest absolute Gasteiger partial charge is 0.495 e. The van der Waals surface area contributed by atoms with Gasteiger partial charge < -0.3 is 9.47 Å². The number of aromatic nitrogens is 2. The first kappa shape index (κ1) is 14.5. The molecule has 0 fully saturated rings. The quantitative estimate of drug-likeness (QED) is 0.803. The van der Waals surface area contributed by atoms with Gasteiger partial charge in [0.1, 0.15) is 16.0 Å². The van der Waals surface area contributed by atoms with Crippen LogP contribution in [0.3, 0.4) is 0 Å². The average molecular weight is 337 g/mol. The Morgan fingerprint density at radius 3 is 2.35 bits per heavy atom. The zero-order valence-corrected chi connectivity index (χ0v) is 12.9. The minimum atomic E-state index is -0.301. The second kappa shape index (κ2) is 6.00. The highest BCUT2D eigenvalue weighted by Crippen LogP contribution is 2.37. The summed E-state index contributed by atoms with van der Waals surface area (Å²) in [6.07, 6.45) is 3.20. The number of carbonyl (C=O) groups is 1. The standard InChI is InChI=1S/C14H13BrN2O3/c1-8-6-16-14(17-7-8)12(18)9-4-5-10(19-2)11(15)13(9)20-3/h4-7H,1-3H3. The Labute approximate surface area is 125 Å². The number of ether oxygens (including phenoxy) is 2. The molecule has 1 aromatic heterocycles. The molecule has 5 nitrogen and oxygen atoms in total. The van der Waals surface area contributed by atoms with Crippen molar-refractivity contribution in [2.45, 2.75) is 6.92 Å². The van der Waals surface area contributed by atoms with E-state index in [0.717, 1.165) is 5.56 Å². The van der Waals surface area contributed by atoms with E-state index >= 15 is 0 Å². The molecule has 0 bridgehead atoms. The number of halogens is 1. The third kappa shape index (κ3) is 2.65. The van der Waals surface area contributed by atoms with E-state index in [1.165, 1.54) is 7.11 Å². The molecular formula is C14H13BrN2O3. The molecule has 0 aliphatic rings. The minimum Gasteiger partial charge on any atom is -0.495 e. The van der Waals surface area contributed by atoms with Crippen molar-refractivity contribution in [2.75, 3.05) is 14.2 Å². The molecule has 2 rings (SSSR count). The zero-order valence-electron chi connectivity index (χ0n) is 11.3. The highest BCUT2D eigenvalue weighted by molar-refractivity contribution is 9.10. The minimum absolute atomic E-state index is 0.131. The van der Waals surface area contributed by atoms with Crippen molar-refractivity contribution in [3.63, 3.8) is 0 Å². The maximum Gasteiger partial charge on any atom is 0.233 e. The molecule has 0 unspecified atom stereocenters. The van der Waals surface area contributed by atoms with Crippen LogP contribution in [-0.4, -0.2) is 30.0 Å². The summed E-state index contributed by atoms with van der Waals surface area (Å²) in [5, 5.41) is 0. The summed E-state index contributed by atoms with van der Waals surface area (Å²) in [5.74, 6) is 0.818. The van der Waals surface area contributed by atoms with Crippen LogP contribution in [-0.2, 0) is 0 Å². The molecule has 1 heterocycles. The number of hydrogen-bond acceptors (Lipinski definition) is 5. The molecule has 20 heavy (non-hydrogen) atoms. The summed E-state index contributed by atoms with van der Waals surface area (Å²) < 4.78 is 11.0. The SMILES string of the molecule is COc1ccc(C(=O)c2ncc(C)cn2)c(OC)c1Br. The molecule has 0 amide bonds. The number of nitrogens with zero attached hydrogens (tertiary/aromatic N) is 2. The lowest BCUT2D eigenvalue weighted by Gasteiger charge is -2.12. The van der Waals surface area contributed by atoms with E-state index in [0.29, 0.717) is 21.5 Å². The van der Waals surface area contributed by atoms with Crippen molar-refractivity contribution in [1.29, 1.82) is 0 Å². The van der Waals surface area contributed by atoms with Crippen LogP contribution >= 0.6 is 15.9 Å². The maximum absolute atomic E-state index is 12.4. The Balaban J connectivity index is 2.49. The fourth-order valence-electron chi connectivity index (χ4n) is 1.70. The van der Waals surface area contributed by atoms with Crippen molar-refractivity contribution in [3.8, 4) is 11.5 Å². The highest BCUT2D eigenvalue weighted by Gasteiger charge is 2.21. The normalized spacial score (nSPS) is 10.2. The first-order valence-electron chi connectivity index (χ1n) is 5.82. The number of hydrogen-bond donors (Lipinski definition) is 0. The summed E-state index contributed by atoms with van der Waals surface area (Å²) in [6, 6.07) is 3.32. The number of benzene rings is 1. The highest BCUT2D eigenvalue weighted by atomic mass is 79.9. The molecule has 0 aliphatic carbocycles. The smallest absolute Gasteiger partial charge is 0.233 e. The predicted octanol–water partition coefficient (Wildman–Crippen LogP) is 2.80. The molecule has 0 saturated carbocycles. The third-order valence-corrected chi connectivity index (χ3v) is 3.47. The van der Waals surface area contributed by atoms with Gasteiger partial charge in [0.25, 0.3) is 0 Å². The summed E-state index contributed by atoms with van der Waals surface area (Å²) in [4.78, 5) is 20.5. The fourth-order valence-corrected chi connectivity index (χ4v) is 2.37. The Bertz CT molecular complexity index is 642. The summed E-state index contributed by atoms with van der Waals surface area (Å²) in [7, 11) is 3.04. The second-order valence-corrected chi connectivity index (χ2v) is 4.87. The lowest BCUT2D eigenvalue weighted by molar-refractivity contribution is 0.102. The van der Waals surface area contributed by atoms with Crippen molar-refractivity contribution < 1.29 is 14.3 Å². The first-order valence-corrected chi connectivity index (χ1v) is 6.61. The molecule has 6 heteroatoms. The van der Waals surface area contributed by atoms with Gasteiger partial charge in [-0.3, -0.25) is 4.79 Å². The second-order valence-electron chi connectivity index (χ2n) is 4.08. The van der Waals surface area contributed by atoms with Gasteiger partial charge in [-0.05, 0) is 40.5 Å². The lowest BCUT2D eigenvalue weighted by atomic mass is 10.1. The average Bonchev–Trinajstić information content (AvgIpc) is 2.47.